The summed E-state index contributed by atoms with van der Waals surface area (Å²) in [5.74, 6) is 0.803. The van der Waals surface area contributed by atoms with Gasteiger partial charge in [-0.1, -0.05) is 34.1 Å². The molecule has 0 spiro atoms. The van der Waals surface area contributed by atoms with Crippen LogP contribution in [0.2, 0.25) is 0 Å². The van der Waals surface area contributed by atoms with Crippen molar-refractivity contribution in [3.63, 3.8) is 0 Å². The summed E-state index contributed by atoms with van der Waals surface area (Å²) in [6.45, 7) is 6.58. The molecule has 0 aliphatic rings. The number of carbonyl (C=O) groups excluding carboxylic acids is 1. The van der Waals surface area contributed by atoms with Crippen LogP contribution in [0.25, 0.3) is 0 Å². The maximum absolute atomic E-state index is 12.8. The van der Waals surface area contributed by atoms with Crippen LogP contribution >= 0.6 is 15.9 Å². The van der Waals surface area contributed by atoms with Gasteiger partial charge in [0.1, 0.15) is 5.76 Å². The molecule has 2 heterocycles. The molecule has 0 saturated carbocycles. The summed E-state index contributed by atoms with van der Waals surface area (Å²) in [5.41, 5.74) is 3.72. The van der Waals surface area contributed by atoms with Crippen LogP contribution < -0.4 is 5.32 Å². The highest BCUT2D eigenvalue weighted by atomic mass is 79.9. The molecule has 0 radical (unpaired) electrons. The second-order valence-electron chi connectivity index (χ2n) is 6.17. The van der Waals surface area contributed by atoms with E-state index in [4.69, 9.17) is 4.42 Å². The highest BCUT2D eigenvalue weighted by Gasteiger charge is 2.19. The first-order valence-corrected chi connectivity index (χ1v) is 9.01. The van der Waals surface area contributed by atoms with E-state index in [1.54, 1.807) is 6.26 Å². The summed E-state index contributed by atoms with van der Waals surface area (Å²) in [5, 5.41) is 3.09. The Balaban J connectivity index is 1.80. The normalized spacial score (nSPS) is 12.2. The van der Waals surface area contributed by atoms with Gasteiger partial charge in [0, 0.05) is 15.9 Å². The van der Waals surface area contributed by atoms with Gasteiger partial charge < -0.3 is 14.3 Å². The van der Waals surface area contributed by atoms with Crippen LogP contribution in [0, 0.1) is 13.8 Å². The molecule has 1 amide bonds. The van der Waals surface area contributed by atoms with E-state index in [9.17, 15) is 4.79 Å². The number of amides is 1. The number of aromatic nitrogens is 1. The van der Waals surface area contributed by atoms with Crippen LogP contribution in [0.1, 0.15) is 46.0 Å². The molecule has 3 rings (SSSR count). The number of hydrogen-bond donors (Lipinski definition) is 1. The third-order valence-corrected chi connectivity index (χ3v) is 5.15. The first kappa shape index (κ1) is 17.5. The highest BCUT2D eigenvalue weighted by molar-refractivity contribution is 9.10. The van der Waals surface area contributed by atoms with E-state index < -0.39 is 0 Å². The van der Waals surface area contributed by atoms with Gasteiger partial charge >= 0.3 is 0 Å². The summed E-state index contributed by atoms with van der Waals surface area (Å²) < 4.78 is 8.51. The van der Waals surface area contributed by atoms with Crippen LogP contribution in [0.4, 0.5) is 0 Å². The van der Waals surface area contributed by atoms with Gasteiger partial charge in [-0.15, -0.1) is 0 Å². The maximum Gasteiger partial charge on any atom is 0.253 e. The molecule has 2 aromatic heterocycles. The molecule has 1 aromatic carbocycles. The van der Waals surface area contributed by atoms with E-state index in [1.165, 1.54) is 0 Å². The van der Waals surface area contributed by atoms with E-state index in [0.717, 1.165) is 27.2 Å². The second kappa shape index (κ2) is 7.31. The van der Waals surface area contributed by atoms with Gasteiger partial charge in [0.05, 0.1) is 24.4 Å². The lowest BCUT2D eigenvalue weighted by Gasteiger charge is -2.16. The zero-order valence-corrected chi connectivity index (χ0v) is 16.1. The Bertz CT molecular complexity index is 881. The summed E-state index contributed by atoms with van der Waals surface area (Å²) in [4.78, 5) is 12.8. The lowest BCUT2D eigenvalue weighted by molar-refractivity contribution is 0.0939. The number of aryl methyl sites for hydroxylation is 1. The first-order valence-electron chi connectivity index (χ1n) is 8.21. The van der Waals surface area contributed by atoms with Crippen LogP contribution in [0.3, 0.4) is 0 Å². The minimum Gasteiger partial charge on any atom is -0.467 e. The smallest absolute Gasteiger partial charge is 0.253 e. The summed E-state index contributed by atoms with van der Waals surface area (Å²) in [6, 6.07) is 13.6. The number of rotatable bonds is 5. The molecule has 0 aliphatic carbocycles. The molecule has 0 aliphatic heterocycles. The van der Waals surface area contributed by atoms with Gasteiger partial charge in [0.15, 0.2) is 0 Å². The van der Waals surface area contributed by atoms with E-state index >= 15 is 0 Å². The number of furan rings is 1. The Morgan fingerprint density at radius 1 is 1.24 bits per heavy atom. The molecule has 25 heavy (non-hydrogen) atoms. The zero-order valence-electron chi connectivity index (χ0n) is 14.5. The molecular weight excluding hydrogens is 380 g/mol. The molecule has 0 fully saturated rings. The largest absolute Gasteiger partial charge is 0.467 e. The molecule has 1 atom stereocenters. The maximum atomic E-state index is 12.8. The summed E-state index contributed by atoms with van der Waals surface area (Å²) >= 11 is 3.54. The van der Waals surface area contributed by atoms with E-state index in [2.05, 4.69) is 25.8 Å². The Morgan fingerprint density at radius 2 is 2.00 bits per heavy atom. The van der Waals surface area contributed by atoms with Crippen molar-refractivity contribution in [3.05, 3.63) is 81.5 Å². The molecule has 1 N–H and O–H groups in total. The van der Waals surface area contributed by atoms with Crippen molar-refractivity contribution in [2.24, 2.45) is 0 Å². The van der Waals surface area contributed by atoms with Gasteiger partial charge in [-0.25, -0.2) is 0 Å². The van der Waals surface area contributed by atoms with E-state index in [0.29, 0.717) is 12.1 Å². The Kier molecular flexibility index (Phi) is 5.13. The minimum absolute atomic E-state index is 0.0675. The molecule has 4 nitrogen and oxygen atoms in total. The predicted octanol–water partition coefficient (Wildman–Crippen LogP) is 5.00. The molecule has 3 aromatic rings. The van der Waals surface area contributed by atoms with Gasteiger partial charge in [0.25, 0.3) is 5.91 Å². The fraction of sp³-hybridized carbons (Fsp3) is 0.250. The van der Waals surface area contributed by atoms with Crippen molar-refractivity contribution in [1.29, 1.82) is 0 Å². The summed E-state index contributed by atoms with van der Waals surface area (Å²) in [7, 11) is 0. The van der Waals surface area contributed by atoms with Crippen molar-refractivity contribution in [1.82, 2.24) is 9.88 Å². The monoisotopic (exact) mass is 400 g/mol. The van der Waals surface area contributed by atoms with Crippen molar-refractivity contribution in [2.75, 3.05) is 0 Å². The Morgan fingerprint density at radius 3 is 2.68 bits per heavy atom. The third kappa shape index (κ3) is 3.71. The molecule has 130 valence electrons. The number of nitrogens with one attached hydrogen (secondary N) is 1. The number of carbonyl (C=O) groups is 1. The van der Waals surface area contributed by atoms with Crippen molar-refractivity contribution < 1.29 is 9.21 Å². The van der Waals surface area contributed by atoms with Crippen LogP contribution in [0.15, 0.2) is 57.6 Å². The third-order valence-electron chi connectivity index (χ3n) is 4.43. The lowest BCUT2D eigenvalue weighted by atomic mass is 10.1. The number of hydrogen-bond acceptors (Lipinski definition) is 2. The average Bonchev–Trinajstić information content (AvgIpc) is 3.19. The van der Waals surface area contributed by atoms with Crippen molar-refractivity contribution in [3.8, 4) is 0 Å². The average molecular weight is 401 g/mol. The molecule has 0 bridgehead atoms. The molecular formula is C20H21BrN2O2. The molecule has 1 unspecified atom stereocenters. The standard InChI is InChI=1S/C20H21BrN2O2/c1-13-11-18(15(3)23(13)12-16-7-6-10-25-16)20(24)22-14(2)17-8-4-5-9-19(17)21/h4-11,14H,12H2,1-3H3,(H,22,24). The zero-order chi connectivity index (χ0) is 18.0. The van der Waals surface area contributed by atoms with E-state index in [-0.39, 0.29) is 11.9 Å². The lowest BCUT2D eigenvalue weighted by Crippen LogP contribution is -2.27. The fourth-order valence-electron chi connectivity index (χ4n) is 3.01. The Hall–Kier alpha value is -2.27. The highest BCUT2D eigenvalue weighted by Crippen LogP contribution is 2.24. The van der Waals surface area contributed by atoms with Gasteiger partial charge in [-0.05, 0) is 50.6 Å². The van der Waals surface area contributed by atoms with Crippen molar-refractivity contribution in [2.45, 2.75) is 33.4 Å². The first-order chi connectivity index (χ1) is 12.0. The van der Waals surface area contributed by atoms with Gasteiger partial charge in [-0.3, -0.25) is 4.79 Å². The van der Waals surface area contributed by atoms with Crippen LogP contribution in [-0.4, -0.2) is 10.5 Å². The van der Waals surface area contributed by atoms with Crippen molar-refractivity contribution >= 4 is 21.8 Å². The SMILES string of the molecule is Cc1cc(C(=O)NC(C)c2ccccc2Br)c(C)n1Cc1ccco1. The van der Waals surface area contributed by atoms with Crippen LogP contribution in [0.5, 0.6) is 0 Å². The fourth-order valence-corrected chi connectivity index (χ4v) is 3.64. The predicted molar refractivity (Wildman–Crippen MR) is 102 cm³/mol. The minimum atomic E-state index is -0.0868. The topological polar surface area (TPSA) is 47.2 Å². The number of benzene rings is 1. The molecule has 5 heteroatoms. The van der Waals surface area contributed by atoms with Gasteiger partial charge in [-0.2, -0.15) is 0 Å². The Labute approximate surface area is 156 Å². The number of nitrogens with zero attached hydrogens (tertiary/aromatic N) is 1. The van der Waals surface area contributed by atoms with Gasteiger partial charge in [0.2, 0.25) is 0 Å². The molecule has 0 saturated heterocycles. The number of halogens is 1. The second-order valence-corrected chi connectivity index (χ2v) is 7.02. The summed E-state index contributed by atoms with van der Waals surface area (Å²) in [6.07, 6.45) is 1.66. The van der Waals surface area contributed by atoms with Crippen LogP contribution in [-0.2, 0) is 6.54 Å². The quantitative estimate of drug-likeness (QED) is 0.654. The van der Waals surface area contributed by atoms with E-state index in [1.807, 2.05) is 63.2 Å².